The van der Waals surface area contributed by atoms with E-state index in [4.69, 9.17) is 17.3 Å². The van der Waals surface area contributed by atoms with Crippen molar-refractivity contribution in [1.82, 2.24) is 19.2 Å². The van der Waals surface area contributed by atoms with Gasteiger partial charge in [-0.05, 0) is 49.9 Å². The zero-order valence-electron chi connectivity index (χ0n) is 14.7. The molecule has 4 nitrogen and oxygen atoms in total. The lowest BCUT2D eigenvalue weighted by Gasteiger charge is -2.24. The second-order valence-corrected chi connectivity index (χ2v) is 7.62. The van der Waals surface area contributed by atoms with Crippen LogP contribution in [0.25, 0.3) is 0 Å². The highest BCUT2D eigenvalue weighted by Gasteiger charge is 2.31. The van der Waals surface area contributed by atoms with Crippen molar-refractivity contribution in [1.29, 1.82) is 0 Å². The Hall–Kier alpha value is -1.72. The number of rotatable bonds is 7. The lowest BCUT2D eigenvalue weighted by Crippen LogP contribution is -2.33. The Morgan fingerprint density at radius 1 is 1.20 bits per heavy atom. The monoisotopic (exact) mass is 354 g/mol. The molecule has 1 aliphatic carbocycles. The van der Waals surface area contributed by atoms with Crippen LogP contribution in [-0.4, -0.2) is 31.8 Å². The summed E-state index contributed by atoms with van der Waals surface area (Å²) in [5, 5.41) is 4.88. The minimum atomic E-state index is 0.582. The van der Waals surface area contributed by atoms with Gasteiger partial charge in [-0.15, -0.1) is 6.58 Å². The SMILES string of the molecule is C=CCn1c(C2CC2)nn(CN2CCCC2Cc2ccccc2)c1=S. The van der Waals surface area contributed by atoms with Crippen LogP contribution in [0.1, 0.15) is 43.0 Å². The largest absolute Gasteiger partial charge is 0.300 e. The highest BCUT2D eigenvalue weighted by atomic mass is 32.1. The molecule has 1 aromatic carbocycles. The van der Waals surface area contributed by atoms with E-state index in [-0.39, 0.29) is 0 Å². The van der Waals surface area contributed by atoms with Gasteiger partial charge in [-0.2, -0.15) is 5.10 Å². The van der Waals surface area contributed by atoms with Crippen LogP contribution in [0.5, 0.6) is 0 Å². The average Bonchev–Trinajstić information content (AvgIpc) is 3.32. The van der Waals surface area contributed by atoms with E-state index in [1.165, 1.54) is 31.2 Å². The van der Waals surface area contributed by atoms with Gasteiger partial charge in [0.15, 0.2) is 4.77 Å². The molecule has 0 bridgehead atoms. The number of likely N-dealkylation sites (tertiary alicyclic amines) is 1. The maximum absolute atomic E-state index is 5.72. The fraction of sp³-hybridized carbons (Fsp3) is 0.500. The number of hydrogen-bond acceptors (Lipinski definition) is 3. The van der Waals surface area contributed by atoms with E-state index >= 15 is 0 Å². The van der Waals surface area contributed by atoms with Gasteiger partial charge in [0.05, 0.1) is 6.67 Å². The van der Waals surface area contributed by atoms with Gasteiger partial charge in [-0.3, -0.25) is 9.47 Å². The number of nitrogens with zero attached hydrogens (tertiary/aromatic N) is 4. The van der Waals surface area contributed by atoms with Crippen LogP contribution in [0.3, 0.4) is 0 Å². The van der Waals surface area contributed by atoms with Crippen LogP contribution < -0.4 is 0 Å². The van der Waals surface area contributed by atoms with Gasteiger partial charge in [0.2, 0.25) is 0 Å². The summed E-state index contributed by atoms with van der Waals surface area (Å²) >= 11 is 5.72. The van der Waals surface area contributed by atoms with Crippen LogP contribution in [0.4, 0.5) is 0 Å². The maximum Gasteiger partial charge on any atom is 0.199 e. The molecule has 2 aliphatic rings. The van der Waals surface area contributed by atoms with E-state index in [0.717, 1.165) is 36.8 Å². The highest BCUT2D eigenvalue weighted by Crippen LogP contribution is 2.39. The lowest BCUT2D eigenvalue weighted by atomic mass is 10.0. The van der Waals surface area contributed by atoms with Crippen LogP contribution in [0, 0.1) is 4.77 Å². The predicted molar refractivity (Wildman–Crippen MR) is 103 cm³/mol. The Labute approximate surface area is 154 Å². The molecule has 0 amide bonds. The molecule has 1 atom stereocenters. The van der Waals surface area contributed by atoms with Crippen molar-refractivity contribution >= 4 is 12.2 Å². The summed E-state index contributed by atoms with van der Waals surface area (Å²) in [6.45, 7) is 6.57. The standard InChI is InChI=1S/C20H26N4S/c1-2-12-23-19(17-10-11-17)21-24(20(23)25)15-22-13-6-9-18(22)14-16-7-4-3-5-8-16/h2-5,7-8,17-18H,1,6,9-15H2. The smallest absolute Gasteiger partial charge is 0.199 e. The third-order valence-corrected chi connectivity index (χ3v) is 5.77. The molecule has 0 N–H and O–H groups in total. The molecule has 1 saturated carbocycles. The van der Waals surface area contributed by atoms with E-state index in [0.29, 0.717) is 12.0 Å². The Morgan fingerprint density at radius 2 is 2.00 bits per heavy atom. The van der Waals surface area contributed by atoms with Gasteiger partial charge in [0.25, 0.3) is 0 Å². The van der Waals surface area contributed by atoms with Gasteiger partial charge in [0.1, 0.15) is 5.82 Å². The molecule has 0 radical (unpaired) electrons. The van der Waals surface area contributed by atoms with E-state index in [1.807, 2.05) is 10.8 Å². The zero-order chi connectivity index (χ0) is 17.2. The molecule has 1 saturated heterocycles. The topological polar surface area (TPSA) is 26.0 Å². The fourth-order valence-electron chi connectivity index (χ4n) is 3.86. The van der Waals surface area contributed by atoms with Crippen LogP contribution in [-0.2, 0) is 19.6 Å². The first-order valence-electron chi connectivity index (χ1n) is 9.32. The van der Waals surface area contributed by atoms with Gasteiger partial charge in [-0.1, -0.05) is 36.4 Å². The lowest BCUT2D eigenvalue weighted by molar-refractivity contribution is 0.187. The van der Waals surface area contributed by atoms with Crippen molar-refractivity contribution in [3.8, 4) is 0 Å². The minimum absolute atomic E-state index is 0.582. The molecule has 2 fully saturated rings. The van der Waals surface area contributed by atoms with Crippen molar-refractivity contribution < 1.29 is 0 Å². The summed E-state index contributed by atoms with van der Waals surface area (Å²) in [5.74, 6) is 1.75. The van der Waals surface area contributed by atoms with Crippen molar-refractivity contribution in [2.24, 2.45) is 0 Å². The number of aromatic nitrogens is 3. The third kappa shape index (κ3) is 3.62. The molecule has 0 spiro atoms. The second-order valence-electron chi connectivity index (χ2n) is 7.25. The van der Waals surface area contributed by atoms with Gasteiger partial charge < -0.3 is 0 Å². The number of hydrogen-bond donors (Lipinski definition) is 0. The Morgan fingerprint density at radius 3 is 2.72 bits per heavy atom. The normalized spacial score (nSPS) is 20.9. The summed E-state index contributed by atoms with van der Waals surface area (Å²) in [7, 11) is 0. The summed E-state index contributed by atoms with van der Waals surface area (Å²) in [6.07, 6.45) is 8.02. The van der Waals surface area contributed by atoms with Crippen molar-refractivity contribution in [2.75, 3.05) is 6.54 Å². The van der Waals surface area contributed by atoms with Crippen molar-refractivity contribution in [3.63, 3.8) is 0 Å². The average molecular weight is 355 g/mol. The van der Waals surface area contributed by atoms with Crippen LogP contribution in [0.15, 0.2) is 43.0 Å². The molecule has 2 aromatic rings. The maximum atomic E-state index is 5.72. The molecule has 1 aromatic heterocycles. The van der Waals surface area contributed by atoms with Gasteiger partial charge in [0, 0.05) is 25.0 Å². The van der Waals surface area contributed by atoms with E-state index in [2.05, 4.69) is 46.4 Å². The second kappa shape index (κ2) is 7.26. The quantitative estimate of drug-likeness (QED) is 0.552. The Kier molecular flexibility index (Phi) is 4.86. The zero-order valence-corrected chi connectivity index (χ0v) is 15.5. The Bertz CT molecular complexity index is 788. The fourth-order valence-corrected chi connectivity index (χ4v) is 4.13. The summed E-state index contributed by atoms with van der Waals surface area (Å²) < 4.78 is 5.05. The van der Waals surface area contributed by atoms with Crippen LogP contribution >= 0.6 is 12.2 Å². The van der Waals surface area contributed by atoms with Crippen LogP contribution in [0.2, 0.25) is 0 Å². The molecule has 5 heteroatoms. The molecule has 2 heterocycles. The molecule has 132 valence electrons. The predicted octanol–water partition coefficient (Wildman–Crippen LogP) is 4.14. The van der Waals surface area contributed by atoms with Crippen molar-refractivity contribution in [2.45, 2.75) is 57.3 Å². The number of allylic oxidation sites excluding steroid dienone is 1. The van der Waals surface area contributed by atoms with Crippen molar-refractivity contribution in [3.05, 3.63) is 59.1 Å². The van der Waals surface area contributed by atoms with Gasteiger partial charge in [-0.25, -0.2) is 4.68 Å². The van der Waals surface area contributed by atoms with E-state index in [1.54, 1.807) is 0 Å². The highest BCUT2D eigenvalue weighted by molar-refractivity contribution is 7.71. The molecule has 1 aliphatic heterocycles. The minimum Gasteiger partial charge on any atom is -0.300 e. The Balaban J connectivity index is 1.52. The van der Waals surface area contributed by atoms with Gasteiger partial charge >= 0.3 is 0 Å². The first kappa shape index (κ1) is 16.7. The molecular weight excluding hydrogens is 328 g/mol. The third-order valence-electron chi connectivity index (χ3n) is 5.33. The first-order valence-corrected chi connectivity index (χ1v) is 9.73. The van der Waals surface area contributed by atoms with E-state index in [9.17, 15) is 0 Å². The summed E-state index contributed by atoms with van der Waals surface area (Å²) in [4.78, 5) is 2.55. The number of benzene rings is 1. The molecular formula is C20H26N4S. The summed E-state index contributed by atoms with van der Waals surface area (Å²) in [5.41, 5.74) is 1.42. The first-order chi connectivity index (χ1) is 12.3. The molecule has 1 unspecified atom stereocenters. The molecule has 4 rings (SSSR count). The summed E-state index contributed by atoms with van der Waals surface area (Å²) in [6, 6.07) is 11.4. The van der Waals surface area contributed by atoms with E-state index < -0.39 is 0 Å². The molecule has 25 heavy (non-hydrogen) atoms.